The van der Waals surface area contributed by atoms with E-state index in [0.717, 1.165) is 25.4 Å². The molecule has 1 N–H and O–H groups in total. The van der Waals surface area contributed by atoms with E-state index in [0.29, 0.717) is 11.8 Å². The lowest BCUT2D eigenvalue weighted by Gasteiger charge is -2.19. The number of rotatable bonds is 6. The molecule has 2 rings (SSSR count). The van der Waals surface area contributed by atoms with Crippen LogP contribution in [-0.2, 0) is 0 Å². The molecule has 0 aromatic carbocycles. The predicted molar refractivity (Wildman–Crippen MR) is 90.4 cm³/mol. The molecular formula is C13H15Br2N3O2S. The monoisotopic (exact) mass is 435 g/mol. The average molecular weight is 437 g/mol. The maximum atomic E-state index is 5.37. The molecule has 1 atom stereocenters. The van der Waals surface area contributed by atoms with Crippen molar-refractivity contribution in [1.29, 1.82) is 0 Å². The summed E-state index contributed by atoms with van der Waals surface area (Å²) in [5.41, 5.74) is 1.82. The number of hydrogen-bond donors (Lipinski definition) is 1. The summed E-state index contributed by atoms with van der Waals surface area (Å²) in [6.45, 7) is 2.84. The minimum Gasteiger partial charge on any atom is -0.480 e. The summed E-state index contributed by atoms with van der Waals surface area (Å²) in [7, 11) is 3.13. The van der Waals surface area contributed by atoms with Crippen LogP contribution in [0.5, 0.6) is 11.8 Å². The quantitative estimate of drug-likeness (QED) is 0.746. The summed E-state index contributed by atoms with van der Waals surface area (Å²) in [6, 6.07) is 1.95. The van der Waals surface area contributed by atoms with E-state index in [9.17, 15) is 0 Å². The number of nitrogens with zero attached hydrogens (tertiary/aromatic N) is 2. The highest BCUT2D eigenvalue weighted by atomic mass is 79.9. The van der Waals surface area contributed by atoms with E-state index < -0.39 is 0 Å². The first-order chi connectivity index (χ1) is 10.1. The third-order valence-electron chi connectivity index (χ3n) is 2.82. The molecule has 2 aromatic heterocycles. The number of halogens is 2. The zero-order valence-electron chi connectivity index (χ0n) is 11.8. The number of aromatic nitrogens is 2. The van der Waals surface area contributed by atoms with Gasteiger partial charge in [0.25, 0.3) is 0 Å². The van der Waals surface area contributed by atoms with E-state index in [2.05, 4.69) is 53.2 Å². The van der Waals surface area contributed by atoms with Crippen molar-refractivity contribution in [3.05, 3.63) is 31.1 Å². The van der Waals surface area contributed by atoms with Crippen LogP contribution >= 0.6 is 43.2 Å². The highest BCUT2D eigenvalue weighted by molar-refractivity contribution is 9.12. The molecule has 0 amide bonds. The third-order valence-corrected chi connectivity index (χ3v) is 5.21. The zero-order valence-corrected chi connectivity index (χ0v) is 15.8. The number of methoxy groups -OCH3 is 2. The number of thiophene rings is 1. The van der Waals surface area contributed by atoms with Crippen molar-refractivity contribution in [2.24, 2.45) is 0 Å². The van der Waals surface area contributed by atoms with Gasteiger partial charge < -0.3 is 14.8 Å². The van der Waals surface area contributed by atoms with Gasteiger partial charge in [0.15, 0.2) is 0 Å². The largest absolute Gasteiger partial charge is 0.480 e. The standard InChI is InChI=1S/C13H15Br2N3O2S/c1-4-16-10(7-5-8(14)21-12(7)15)11-13(20-3)18-9(19-2)6-17-11/h5-6,10,16H,4H2,1-3H3. The smallest absolute Gasteiger partial charge is 0.240 e. The highest BCUT2D eigenvalue weighted by Crippen LogP contribution is 2.39. The van der Waals surface area contributed by atoms with Crippen molar-refractivity contribution < 1.29 is 9.47 Å². The fourth-order valence-electron chi connectivity index (χ4n) is 1.92. The predicted octanol–water partition coefficient (Wildman–Crippen LogP) is 3.78. The van der Waals surface area contributed by atoms with Gasteiger partial charge in [-0.3, -0.25) is 0 Å². The van der Waals surface area contributed by atoms with Crippen molar-refractivity contribution in [3.8, 4) is 11.8 Å². The maximum Gasteiger partial charge on any atom is 0.240 e. The van der Waals surface area contributed by atoms with Crippen LogP contribution in [0.4, 0.5) is 0 Å². The average Bonchev–Trinajstić information content (AvgIpc) is 2.82. The van der Waals surface area contributed by atoms with Crippen molar-refractivity contribution in [2.75, 3.05) is 20.8 Å². The van der Waals surface area contributed by atoms with Crippen LogP contribution in [0, 0.1) is 0 Å². The second-order valence-electron chi connectivity index (χ2n) is 4.08. The fourth-order valence-corrected chi connectivity index (χ4v) is 4.82. The molecular weight excluding hydrogens is 422 g/mol. The summed E-state index contributed by atoms with van der Waals surface area (Å²) in [5, 5.41) is 3.41. The van der Waals surface area contributed by atoms with Gasteiger partial charge in [-0.25, -0.2) is 4.98 Å². The molecule has 21 heavy (non-hydrogen) atoms. The van der Waals surface area contributed by atoms with Gasteiger partial charge in [0.05, 0.1) is 34.0 Å². The Kier molecular flexibility index (Phi) is 5.98. The third kappa shape index (κ3) is 3.74. The molecule has 0 spiro atoms. The molecule has 0 fully saturated rings. The van der Waals surface area contributed by atoms with E-state index in [-0.39, 0.29) is 6.04 Å². The molecule has 1 unspecified atom stereocenters. The summed E-state index contributed by atoms with van der Waals surface area (Å²) in [4.78, 5) is 8.76. The molecule has 0 saturated heterocycles. The number of hydrogen-bond acceptors (Lipinski definition) is 6. The Hall–Kier alpha value is -0.700. The molecule has 8 heteroatoms. The Bertz CT molecular complexity index is 621. The molecule has 0 bridgehead atoms. The number of nitrogens with one attached hydrogen (secondary N) is 1. The van der Waals surface area contributed by atoms with Crippen LogP contribution in [0.2, 0.25) is 0 Å². The summed E-state index contributed by atoms with van der Waals surface area (Å²) < 4.78 is 12.6. The van der Waals surface area contributed by atoms with Gasteiger partial charge in [-0.05, 0) is 44.5 Å². The zero-order chi connectivity index (χ0) is 15.4. The topological polar surface area (TPSA) is 56.3 Å². The molecule has 2 aromatic rings. The highest BCUT2D eigenvalue weighted by Gasteiger charge is 2.24. The van der Waals surface area contributed by atoms with Crippen molar-refractivity contribution >= 4 is 43.2 Å². The normalized spacial score (nSPS) is 12.2. The first kappa shape index (κ1) is 16.7. The molecule has 0 radical (unpaired) electrons. The van der Waals surface area contributed by atoms with Gasteiger partial charge in [0, 0.05) is 5.56 Å². The van der Waals surface area contributed by atoms with Crippen molar-refractivity contribution in [3.63, 3.8) is 0 Å². The van der Waals surface area contributed by atoms with Gasteiger partial charge in [-0.1, -0.05) is 6.92 Å². The van der Waals surface area contributed by atoms with E-state index in [1.165, 1.54) is 0 Å². The minimum atomic E-state index is -0.111. The molecule has 114 valence electrons. The number of ether oxygens (including phenoxy) is 2. The maximum absolute atomic E-state index is 5.37. The van der Waals surface area contributed by atoms with E-state index >= 15 is 0 Å². The van der Waals surface area contributed by atoms with Crippen LogP contribution in [0.1, 0.15) is 24.2 Å². The van der Waals surface area contributed by atoms with Crippen LogP contribution in [0.15, 0.2) is 19.8 Å². The van der Waals surface area contributed by atoms with Gasteiger partial charge >= 0.3 is 0 Å². The Morgan fingerprint density at radius 3 is 2.62 bits per heavy atom. The first-order valence-corrected chi connectivity index (χ1v) is 8.64. The second-order valence-corrected chi connectivity index (χ2v) is 7.83. The Labute approximate surface area is 144 Å². The van der Waals surface area contributed by atoms with Gasteiger partial charge in [0.2, 0.25) is 11.8 Å². The van der Waals surface area contributed by atoms with Crippen LogP contribution in [0.3, 0.4) is 0 Å². The molecule has 0 aliphatic rings. The molecule has 2 heterocycles. The summed E-state index contributed by atoms with van der Waals surface area (Å²) >= 11 is 8.72. The second kappa shape index (κ2) is 7.53. The summed E-state index contributed by atoms with van der Waals surface area (Å²) in [5.74, 6) is 0.880. The van der Waals surface area contributed by atoms with E-state index in [1.54, 1.807) is 31.8 Å². The first-order valence-electron chi connectivity index (χ1n) is 6.23. The molecule has 0 saturated carbocycles. The van der Waals surface area contributed by atoms with Gasteiger partial charge in [-0.2, -0.15) is 4.98 Å². The van der Waals surface area contributed by atoms with Crippen LogP contribution in [0.25, 0.3) is 0 Å². The summed E-state index contributed by atoms with van der Waals surface area (Å²) in [6.07, 6.45) is 1.59. The van der Waals surface area contributed by atoms with Crippen molar-refractivity contribution in [1.82, 2.24) is 15.3 Å². The van der Waals surface area contributed by atoms with Crippen LogP contribution < -0.4 is 14.8 Å². The van der Waals surface area contributed by atoms with Crippen molar-refractivity contribution in [2.45, 2.75) is 13.0 Å². The molecule has 5 nitrogen and oxygen atoms in total. The lowest BCUT2D eigenvalue weighted by molar-refractivity contribution is 0.352. The van der Waals surface area contributed by atoms with Crippen LogP contribution in [-0.4, -0.2) is 30.7 Å². The SMILES string of the molecule is CCNC(c1cc(Br)sc1Br)c1ncc(OC)nc1OC. The fraction of sp³-hybridized carbons (Fsp3) is 0.385. The van der Waals surface area contributed by atoms with Gasteiger partial charge in [0.1, 0.15) is 5.69 Å². The van der Waals surface area contributed by atoms with Gasteiger partial charge in [-0.15, -0.1) is 11.3 Å². The Morgan fingerprint density at radius 2 is 2.10 bits per heavy atom. The molecule has 0 aliphatic heterocycles. The minimum absolute atomic E-state index is 0.111. The Balaban J connectivity index is 2.50. The van der Waals surface area contributed by atoms with E-state index in [4.69, 9.17) is 9.47 Å². The lowest BCUT2D eigenvalue weighted by Crippen LogP contribution is -2.23. The Morgan fingerprint density at radius 1 is 1.33 bits per heavy atom. The lowest BCUT2D eigenvalue weighted by atomic mass is 10.1. The van der Waals surface area contributed by atoms with E-state index in [1.807, 2.05) is 6.92 Å². The molecule has 0 aliphatic carbocycles.